The molecule has 0 aliphatic rings. The second-order valence-corrected chi connectivity index (χ2v) is 3.35. The summed E-state index contributed by atoms with van der Waals surface area (Å²) in [6.07, 6.45) is -4.89. The molecule has 0 amide bonds. The molecule has 0 aromatic heterocycles. The number of hydrogen-bond acceptors (Lipinski definition) is 4. The van der Waals surface area contributed by atoms with Gasteiger partial charge in [-0.2, -0.15) is 13.2 Å². The molecule has 0 bridgehead atoms. The summed E-state index contributed by atoms with van der Waals surface area (Å²) in [6.45, 7) is 0. The first kappa shape index (κ1) is 13.9. The summed E-state index contributed by atoms with van der Waals surface area (Å²) in [5.41, 5.74) is 2.21. The van der Waals surface area contributed by atoms with Gasteiger partial charge in [0.15, 0.2) is 0 Å². The van der Waals surface area contributed by atoms with Crippen LogP contribution in [0.5, 0.6) is 0 Å². The summed E-state index contributed by atoms with van der Waals surface area (Å²) in [7, 11) is 0. The fraction of sp³-hybridized carbons (Fsp3) is 0.222. The Morgan fingerprint density at radius 1 is 1.44 bits per heavy atom. The summed E-state index contributed by atoms with van der Waals surface area (Å²) < 4.78 is 37.3. The number of alkyl halides is 3. The van der Waals surface area contributed by atoms with Crippen LogP contribution < -0.4 is 5.73 Å². The lowest BCUT2D eigenvalue weighted by Crippen LogP contribution is -2.21. The number of benzene rings is 1. The fourth-order valence-corrected chi connectivity index (χ4v) is 1.28. The molecule has 3 N–H and O–H groups in total. The van der Waals surface area contributed by atoms with E-state index in [4.69, 9.17) is 10.8 Å². The van der Waals surface area contributed by atoms with Crippen LogP contribution in [0.2, 0.25) is 0 Å². The van der Waals surface area contributed by atoms with E-state index in [1.54, 1.807) is 0 Å². The second-order valence-electron chi connectivity index (χ2n) is 3.35. The molecule has 0 spiro atoms. The SMILES string of the molecule is NC(C(=O)O)c1ccc(C(F)(F)F)c([N+](=O)[O-])c1. The fourth-order valence-electron chi connectivity index (χ4n) is 1.28. The van der Waals surface area contributed by atoms with E-state index in [-0.39, 0.29) is 5.56 Å². The van der Waals surface area contributed by atoms with Gasteiger partial charge in [-0.1, -0.05) is 6.07 Å². The van der Waals surface area contributed by atoms with Crippen molar-refractivity contribution in [2.24, 2.45) is 5.73 Å². The normalized spacial score (nSPS) is 13.1. The molecule has 1 unspecified atom stereocenters. The maximum atomic E-state index is 12.4. The summed E-state index contributed by atoms with van der Waals surface area (Å²) in [5, 5.41) is 19.1. The Hall–Kier alpha value is -2.16. The largest absolute Gasteiger partial charge is 0.480 e. The number of aliphatic carboxylic acids is 1. The first-order chi connectivity index (χ1) is 8.14. The molecule has 6 nitrogen and oxygen atoms in total. The quantitative estimate of drug-likeness (QED) is 0.638. The number of nitro groups is 1. The Balaban J connectivity index is 3.37. The molecular weight excluding hydrogens is 257 g/mol. The molecule has 98 valence electrons. The van der Waals surface area contributed by atoms with Crippen LogP contribution in [-0.2, 0) is 11.0 Å². The maximum absolute atomic E-state index is 12.4. The molecule has 9 heteroatoms. The molecule has 1 aromatic rings. The van der Waals surface area contributed by atoms with Crippen molar-refractivity contribution in [3.8, 4) is 0 Å². The van der Waals surface area contributed by atoms with E-state index in [0.717, 1.165) is 6.07 Å². The molecule has 0 saturated heterocycles. The Kier molecular flexibility index (Phi) is 3.56. The topological polar surface area (TPSA) is 106 Å². The first-order valence-electron chi connectivity index (χ1n) is 4.48. The van der Waals surface area contributed by atoms with Gasteiger partial charge >= 0.3 is 12.1 Å². The molecule has 1 aromatic carbocycles. The van der Waals surface area contributed by atoms with Crippen molar-refractivity contribution in [2.45, 2.75) is 12.2 Å². The molecule has 1 rings (SSSR count). The first-order valence-corrected chi connectivity index (χ1v) is 4.48. The highest BCUT2D eigenvalue weighted by molar-refractivity contribution is 5.75. The van der Waals surface area contributed by atoms with Crippen molar-refractivity contribution in [3.05, 3.63) is 39.4 Å². The van der Waals surface area contributed by atoms with E-state index in [1.807, 2.05) is 0 Å². The van der Waals surface area contributed by atoms with Crippen molar-refractivity contribution in [3.63, 3.8) is 0 Å². The van der Waals surface area contributed by atoms with Gasteiger partial charge in [0.25, 0.3) is 5.69 Å². The van der Waals surface area contributed by atoms with Gasteiger partial charge in [-0.15, -0.1) is 0 Å². The zero-order chi connectivity index (χ0) is 14.1. The molecule has 18 heavy (non-hydrogen) atoms. The van der Waals surface area contributed by atoms with Gasteiger partial charge in [0.2, 0.25) is 0 Å². The third-order valence-electron chi connectivity index (χ3n) is 2.15. The molecule has 0 aliphatic carbocycles. The van der Waals surface area contributed by atoms with Crippen LogP contribution in [0.4, 0.5) is 18.9 Å². The monoisotopic (exact) mass is 264 g/mol. The van der Waals surface area contributed by atoms with Crippen molar-refractivity contribution in [1.82, 2.24) is 0 Å². The van der Waals surface area contributed by atoms with E-state index in [0.29, 0.717) is 12.1 Å². The number of nitrogens with two attached hydrogens (primary N) is 1. The van der Waals surface area contributed by atoms with Gasteiger partial charge in [0.1, 0.15) is 11.6 Å². The Bertz CT molecular complexity index is 501. The van der Waals surface area contributed by atoms with Crippen LogP contribution >= 0.6 is 0 Å². The van der Waals surface area contributed by atoms with Gasteiger partial charge < -0.3 is 10.8 Å². The molecular formula is C9H7F3N2O4. The average Bonchev–Trinajstić information content (AvgIpc) is 2.25. The van der Waals surface area contributed by atoms with Crippen LogP contribution in [0.15, 0.2) is 18.2 Å². The Morgan fingerprint density at radius 2 is 2.00 bits per heavy atom. The molecule has 0 saturated carbocycles. The number of carboxylic acid groups (broad SMARTS) is 1. The number of rotatable bonds is 3. The standard InChI is InChI=1S/C9H7F3N2O4/c10-9(11,12)5-2-1-4(7(13)8(15)16)3-6(5)14(17)18/h1-3,7H,13H2,(H,15,16). The van der Waals surface area contributed by atoms with Crippen LogP contribution in [0, 0.1) is 10.1 Å². The number of carboxylic acids is 1. The number of carbonyl (C=O) groups is 1. The van der Waals surface area contributed by atoms with Gasteiger partial charge in [-0.25, -0.2) is 0 Å². The van der Waals surface area contributed by atoms with Crippen LogP contribution in [0.1, 0.15) is 17.2 Å². The molecule has 0 radical (unpaired) electrons. The van der Waals surface area contributed by atoms with Crippen molar-refractivity contribution >= 4 is 11.7 Å². The highest BCUT2D eigenvalue weighted by Gasteiger charge is 2.38. The van der Waals surface area contributed by atoms with E-state index in [2.05, 4.69) is 0 Å². The summed E-state index contributed by atoms with van der Waals surface area (Å²) in [6, 6.07) is 0.137. The lowest BCUT2D eigenvalue weighted by Gasteiger charge is -2.10. The van der Waals surface area contributed by atoms with E-state index < -0.39 is 34.4 Å². The van der Waals surface area contributed by atoms with Gasteiger partial charge in [-0.05, 0) is 11.6 Å². The van der Waals surface area contributed by atoms with Gasteiger partial charge in [-0.3, -0.25) is 14.9 Å². The van der Waals surface area contributed by atoms with Gasteiger partial charge in [0, 0.05) is 6.07 Å². The zero-order valence-electron chi connectivity index (χ0n) is 8.64. The summed E-state index contributed by atoms with van der Waals surface area (Å²) in [4.78, 5) is 19.8. The van der Waals surface area contributed by atoms with Gasteiger partial charge in [0.05, 0.1) is 4.92 Å². The number of nitrogens with zero attached hydrogens (tertiary/aromatic N) is 1. The second kappa shape index (κ2) is 4.61. The molecule has 0 aliphatic heterocycles. The summed E-state index contributed by atoms with van der Waals surface area (Å²) in [5.74, 6) is -1.50. The average molecular weight is 264 g/mol. The third-order valence-corrected chi connectivity index (χ3v) is 2.15. The third kappa shape index (κ3) is 2.74. The minimum atomic E-state index is -4.89. The maximum Gasteiger partial charge on any atom is 0.422 e. The van der Waals surface area contributed by atoms with Crippen molar-refractivity contribution in [2.75, 3.05) is 0 Å². The van der Waals surface area contributed by atoms with Crippen molar-refractivity contribution in [1.29, 1.82) is 0 Å². The number of halogens is 3. The van der Waals surface area contributed by atoms with E-state index >= 15 is 0 Å². The predicted octanol–water partition coefficient (Wildman–Crippen LogP) is 1.70. The van der Waals surface area contributed by atoms with Crippen LogP contribution in [0.3, 0.4) is 0 Å². The highest BCUT2D eigenvalue weighted by atomic mass is 19.4. The minimum absolute atomic E-state index is 0.276. The summed E-state index contributed by atoms with van der Waals surface area (Å²) >= 11 is 0. The minimum Gasteiger partial charge on any atom is -0.480 e. The zero-order valence-corrected chi connectivity index (χ0v) is 8.64. The predicted molar refractivity (Wildman–Crippen MR) is 52.7 cm³/mol. The lowest BCUT2D eigenvalue weighted by molar-refractivity contribution is -0.388. The van der Waals surface area contributed by atoms with Crippen molar-refractivity contribution < 1.29 is 28.0 Å². The Morgan fingerprint density at radius 3 is 2.39 bits per heavy atom. The molecule has 1 atom stereocenters. The smallest absolute Gasteiger partial charge is 0.422 e. The van der Waals surface area contributed by atoms with E-state index in [1.165, 1.54) is 0 Å². The Labute approximate surface area is 98.0 Å². The number of hydrogen-bond donors (Lipinski definition) is 2. The van der Waals surface area contributed by atoms with Crippen LogP contribution in [-0.4, -0.2) is 16.0 Å². The molecule has 0 fully saturated rings. The van der Waals surface area contributed by atoms with E-state index in [9.17, 15) is 28.1 Å². The van der Waals surface area contributed by atoms with Crippen LogP contribution in [0.25, 0.3) is 0 Å². The lowest BCUT2D eigenvalue weighted by atomic mass is 10.0. The number of nitro benzene ring substituents is 1. The highest BCUT2D eigenvalue weighted by Crippen LogP contribution is 2.37. The molecule has 0 heterocycles.